The van der Waals surface area contributed by atoms with Gasteiger partial charge < -0.3 is 19.6 Å². The molecule has 8 heteroatoms. The molecule has 5 nitrogen and oxygen atoms in total. The number of fused-ring (bicyclic) bond motifs is 1. The van der Waals surface area contributed by atoms with Crippen molar-refractivity contribution < 1.29 is 13.9 Å². The third kappa shape index (κ3) is 3.33. The Balaban J connectivity index is 2.37. The van der Waals surface area contributed by atoms with E-state index in [2.05, 4.69) is 26.2 Å². The van der Waals surface area contributed by atoms with Gasteiger partial charge in [-0.1, -0.05) is 0 Å². The van der Waals surface area contributed by atoms with E-state index >= 15 is 0 Å². The number of ether oxygens (including phenoxy) is 1. The lowest BCUT2D eigenvalue weighted by atomic mass is 10.2. The maximum Gasteiger partial charge on any atom is 0.242 e. The van der Waals surface area contributed by atoms with Crippen molar-refractivity contribution in [1.82, 2.24) is 14.9 Å². The van der Waals surface area contributed by atoms with Crippen LogP contribution in [-0.4, -0.2) is 35.7 Å². The van der Waals surface area contributed by atoms with Crippen LogP contribution in [0.3, 0.4) is 0 Å². The summed E-state index contributed by atoms with van der Waals surface area (Å²) in [7, 11) is 1.57. The maximum absolute atomic E-state index is 13.6. The van der Waals surface area contributed by atoms with Crippen LogP contribution in [-0.2, 0) is 9.53 Å². The summed E-state index contributed by atoms with van der Waals surface area (Å²) in [6, 6.07) is 2.44. The van der Waals surface area contributed by atoms with Crippen molar-refractivity contribution in [2.75, 3.05) is 20.3 Å². The standard InChI is InChI=1S/C13H15BrFN3O2S/c1-7(12(19)16-3-4-20-2)18-11-5-8(14)9(15)6-10(11)17-13(18)21/h5-7H,3-4H2,1-2H3,(H,16,19)(H,17,21). The summed E-state index contributed by atoms with van der Waals surface area (Å²) in [5.41, 5.74) is 1.22. The Labute approximate surface area is 134 Å². The third-order valence-electron chi connectivity index (χ3n) is 3.13. The Morgan fingerprint density at radius 3 is 3.00 bits per heavy atom. The van der Waals surface area contributed by atoms with Gasteiger partial charge in [0.05, 0.1) is 22.1 Å². The molecule has 1 amide bonds. The highest BCUT2D eigenvalue weighted by molar-refractivity contribution is 9.10. The quantitative estimate of drug-likeness (QED) is 0.623. The fourth-order valence-electron chi connectivity index (χ4n) is 2.05. The summed E-state index contributed by atoms with van der Waals surface area (Å²) < 4.78 is 20.8. The van der Waals surface area contributed by atoms with E-state index in [1.54, 1.807) is 24.7 Å². The number of aromatic amines is 1. The van der Waals surface area contributed by atoms with Gasteiger partial charge in [0.1, 0.15) is 11.9 Å². The van der Waals surface area contributed by atoms with E-state index in [9.17, 15) is 9.18 Å². The summed E-state index contributed by atoms with van der Waals surface area (Å²) in [6.07, 6.45) is 0. The molecule has 1 aromatic carbocycles. The van der Waals surface area contributed by atoms with Gasteiger partial charge in [0, 0.05) is 19.7 Å². The smallest absolute Gasteiger partial charge is 0.242 e. The molecule has 21 heavy (non-hydrogen) atoms. The number of amides is 1. The summed E-state index contributed by atoms with van der Waals surface area (Å²) in [5, 5.41) is 2.76. The molecule has 0 fully saturated rings. The van der Waals surface area contributed by atoms with Crippen LogP contribution in [0.4, 0.5) is 4.39 Å². The normalized spacial score (nSPS) is 12.6. The average Bonchev–Trinajstić information content (AvgIpc) is 2.74. The Morgan fingerprint density at radius 2 is 2.33 bits per heavy atom. The van der Waals surface area contributed by atoms with Gasteiger partial charge in [-0.2, -0.15) is 0 Å². The first kappa shape index (κ1) is 16.1. The number of imidazole rings is 1. The van der Waals surface area contributed by atoms with Crippen LogP contribution in [0.15, 0.2) is 16.6 Å². The fraction of sp³-hybridized carbons (Fsp3) is 0.385. The number of benzene rings is 1. The minimum atomic E-state index is -0.513. The molecule has 114 valence electrons. The van der Waals surface area contributed by atoms with Gasteiger partial charge in [-0.25, -0.2) is 4.39 Å². The lowest BCUT2D eigenvalue weighted by molar-refractivity contribution is -0.124. The molecule has 2 aromatic rings. The van der Waals surface area contributed by atoms with Gasteiger partial charge in [0.15, 0.2) is 4.77 Å². The van der Waals surface area contributed by atoms with Crippen molar-refractivity contribution >= 4 is 45.1 Å². The molecule has 1 heterocycles. The monoisotopic (exact) mass is 375 g/mol. The van der Waals surface area contributed by atoms with Crippen LogP contribution in [0.25, 0.3) is 11.0 Å². The Hall–Kier alpha value is -1.25. The molecule has 0 aliphatic heterocycles. The van der Waals surface area contributed by atoms with Crippen molar-refractivity contribution in [2.45, 2.75) is 13.0 Å². The highest BCUT2D eigenvalue weighted by atomic mass is 79.9. The Kier molecular flexibility index (Phi) is 5.13. The van der Waals surface area contributed by atoms with E-state index in [1.807, 2.05) is 0 Å². The predicted octanol–water partition coefficient (Wildman–Crippen LogP) is 2.92. The number of halogens is 2. The van der Waals surface area contributed by atoms with Crippen LogP contribution in [0.1, 0.15) is 13.0 Å². The molecule has 0 radical (unpaired) electrons. The van der Waals surface area contributed by atoms with E-state index in [0.29, 0.717) is 33.4 Å². The molecular formula is C13H15BrFN3O2S. The highest BCUT2D eigenvalue weighted by Gasteiger charge is 2.19. The van der Waals surface area contributed by atoms with Gasteiger partial charge in [0.2, 0.25) is 5.91 Å². The first-order chi connectivity index (χ1) is 9.95. The molecule has 2 N–H and O–H groups in total. The topological polar surface area (TPSA) is 59.0 Å². The fourth-order valence-corrected chi connectivity index (χ4v) is 2.74. The van der Waals surface area contributed by atoms with Crippen molar-refractivity contribution in [3.8, 4) is 0 Å². The number of nitrogens with one attached hydrogen (secondary N) is 2. The van der Waals surface area contributed by atoms with Gasteiger partial charge in [-0.05, 0) is 41.1 Å². The minimum Gasteiger partial charge on any atom is -0.383 e. The van der Waals surface area contributed by atoms with Gasteiger partial charge in [-0.15, -0.1) is 0 Å². The van der Waals surface area contributed by atoms with E-state index < -0.39 is 6.04 Å². The van der Waals surface area contributed by atoms with Crippen LogP contribution in [0, 0.1) is 10.6 Å². The lowest BCUT2D eigenvalue weighted by Crippen LogP contribution is -2.33. The first-order valence-electron chi connectivity index (χ1n) is 6.31. The number of methoxy groups -OCH3 is 1. The molecule has 0 spiro atoms. The SMILES string of the molecule is COCCNC(=O)C(C)n1c(=S)[nH]c2cc(F)c(Br)cc21. The zero-order valence-electron chi connectivity index (χ0n) is 11.6. The van der Waals surface area contributed by atoms with Crippen molar-refractivity contribution in [2.24, 2.45) is 0 Å². The molecule has 0 aliphatic carbocycles. The number of nitrogens with zero attached hydrogens (tertiary/aromatic N) is 1. The van der Waals surface area contributed by atoms with Crippen molar-refractivity contribution in [3.05, 3.63) is 27.2 Å². The molecule has 0 saturated heterocycles. The molecule has 0 bridgehead atoms. The average molecular weight is 376 g/mol. The molecule has 1 unspecified atom stereocenters. The zero-order valence-corrected chi connectivity index (χ0v) is 14.0. The van der Waals surface area contributed by atoms with Gasteiger partial charge in [-0.3, -0.25) is 4.79 Å². The minimum absolute atomic E-state index is 0.176. The molecule has 1 aromatic heterocycles. The maximum atomic E-state index is 13.6. The van der Waals surface area contributed by atoms with Crippen molar-refractivity contribution in [3.63, 3.8) is 0 Å². The lowest BCUT2D eigenvalue weighted by Gasteiger charge is -2.14. The zero-order chi connectivity index (χ0) is 15.6. The Bertz CT molecular complexity index is 728. The number of carbonyl (C=O) groups excluding carboxylic acids is 1. The first-order valence-corrected chi connectivity index (χ1v) is 7.51. The number of H-pyrrole nitrogens is 1. The van der Waals surface area contributed by atoms with E-state index in [0.717, 1.165) is 0 Å². The third-order valence-corrected chi connectivity index (χ3v) is 4.04. The molecular weight excluding hydrogens is 361 g/mol. The Morgan fingerprint density at radius 1 is 1.62 bits per heavy atom. The summed E-state index contributed by atoms with van der Waals surface area (Å²) in [4.78, 5) is 15.0. The predicted molar refractivity (Wildman–Crippen MR) is 84.4 cm³/mol. The van der Waals surface area contributed by atoms with Crippen molar-refractivity contribution in [1.29, 1.82) is 0 Å². The summed E-state index contributed by atoms with van der Waals surface area (Å²) in [6.45, 7) is 2.60. The number of rotatable bonds is 5. The number of aromatic nitrogens is 2. The van der Waals surface area contributed by atoms with Gasteiger partial charge >= 0.3 is 0 Å². The molecule has 2 rings (SSSR count). The second-order valence-corrected chi connectivity index (χ2v) is 5.78. The molecule has 1 atom stereocenters. The molecule has 0 aliphatic rings. The highest BCUT2D eigenvalue weighted by Crippen LogP contribution is 2.25. The number of hydrogen-bond donors (Lipinski definition) is 2. The van der Waals surface area contributed by atoms with E-state index in [4.69, 9.17) is 17.0 Å². The summed E-state index contributed by atoms with van der Waals surface area (Å²) in [5.74, 6) is -0.562. The second-order valence-electron chi connectivity index (χ2n) is 4.54. The number of hydrogen-bond acceptors (Lipinski definition) is 3. The van der Waals surface area contributed by atoms with E-state index in [-0.39, 0.29) is 11.7 Å². The largest absolute Gasteiger partial charge is 0.383 e. The van der Waals surface area contributed by atoms with Crippen LogP contribution in [0.2, 0.25) is 0 Å². The van der Waals surface area contributed by atoms with E-state index in [1.165, 1.54) is 6.07 Å². The van der Waals surface area contributed by atoms with Crippen LogP contribution >= 0.6 is 28.1 Å². The van der Waals surface area contributed by atoms with Gasteiger partial charge in [0.25, 0.3) is 0 Å². The second kappa shape index (κ2) is 6.67. The van der Waals surface area contributed by atoms with Crippen LogP contribution in [0.5, 0.6) is 0 Å². The summed E-state index contributed by atoms with van der Waals surface area (Å²) >= 11 is 8.38. The number of carbonyl (C=O) groups is 1. The van der Waals surface area contributed by atoms with Crippen LogP contribution < -0.4 is 5.32 Å². The molecule has 0 saturated carbocycles.